The van der Waals surface area contributed by atoms with Gasteiger partial charge in [-0.05, 0) is 43.2 Å². The van der Waals surface area contributed by atoms with E-state index >= 15 is 0 Å². The van der Waals surface area contributed by atoms with E-state index in [1.54, 1.807) is 11.3 Å². The molecule has 2 aliphatic rings. The molecule has 0 spiro atoms. The molecule has 0 aromatic carbocycles. The Morgan fingerprint density at radius 1 is 1.53 bits per heavy atom. The largest absolute Gasteiger partial charge is 0.375 e. The molecule has 1 aromatic heterocycles. The van der Waals surface area contributed by atoms with Crippen LogP contribution in [0.15, 0.2) is 11.4 Å². The Balaban J connectivity index is 1.81. The van der Waals surface area contributed by atoms with Crippen LogP contribution < -0.4 is 5.73 Å². The van der Waals surface area contributed by atoms with E-state index in [0.717, 1.165) is 0 Å². The minimum Gasteiger partial charge on any atom is -0.375 e. The number of hydrogen-bond acceptors (Lipinski definition) is 3. The van der Waals surface area contributed by atoms with Gasteiger partial charge in [0.25, 0.3) is 0 Å². The molecule has 2 fully saturated rings. The lowest BCUT2D eigenvalue weighted by Gasteiger charge is -2.25. The van der Waals surface area contributed by atoms with Crippen molar-refractivity contribution in [1.29, 1.82) is 0 Å². The normalized spacial score (nSPS) is 36.0. The van der Waals surface area contributed by atoms with Crippen molar-refractivity contribution in [3.8, 4) is 0 Å². The Morgan fingerprint density at radius 3 is 2.93 bits per heavy atom. The molecule has 0 saturated carbocycles. The first-order chi connectivity index (χ1) is 7.25. The average Bonchev–Trinajstić information content (AvgIpc) is 2.91. The van der Waals surface area contributed by atoms with E-state index in [0.29, 0.717) is 18.1 Å². The zero-order chi connectivity index (χ0) is 10.4. The van der Waals surface area contributed by atoms with Gasteiger partial charge in [-0.25, -0.2) is 0 Å². The van der Waals surface area contributed by atoms with Gasteiger partial charge in [-0.15, -0.1) is 11.3 Å². The van der Waals surface area contributed by atoms with Crippen molar-refractivity contribution < 1.29 is 4.74 Å². The number of fused-ring (bicyclic) bond motifs is 2. The first-order valence-electron chi connectivity index (χ1n) is 5.70. The van der Waals surface area contributed by atoms with Gasteiger partial charge in [0.15, 0.2) is 0 Å². The van der Waals surface area contributed by atoms with Gasteiger partial charge in [-0.1, -0.05) is 0 Å². The smallest absolute Gasteiger partial charge is 0.0627 e. The molecule has 0 amide bonds. The fraction of sp³-hybridized carbons (Fsp3) is 0.667. The fourth-order valence-corrected chi connectivity index (χ4v) is 3.98. The number of nitrogens with two attached hydrogens (primary N) is 1. The summed E-state index contributed by atoms with van der Waals surface area (Å²) in [5, 5.41) is 2.14. The molecule has 2 aliphatic heterocycles. The van der Waals surface area contributed by atoms with Crippen LogP contribution in [0, 0.1) is 12.8 Å². The molecule has 1 aromatic rings. The molecule has 4 unspecified atom stereocenters. The number of aryl methyl sites for hydroxylation is 1. The van der Waals surface area contributed by atoms with Crippen LogP contribution in [0.2, 0.25) is 0 Å². The first kappa shape index (κ1) is 9.82. The molecule has 82 valence electrons. The van der Waals surface area contributed by atoms with Gasteiger partial charge >= 0.3 is 0 Å². The summed E-state index contributed by atoms with van der Waals surface area (Å²) in [4.78, 5) is 1.36. The molecule has 0 aliphatic carbocycles. The van der Waals surface area contributed by atoms with Crippen LogP contribution in [0.5, 0.6) is 0 Å². The molecule has 4 atom stereocenters. The third-order valence-corrected chi connectivity index (χ3v) is 4.94. The highest BCUT2D eigenvalue weighted by Crippen LogP contribution is 2.45. The highest BCUT2D eigenvalue weighted by atomic mass is 32.1. The van der Waals surface area contributed by atoms with Crippen molar-refractivity contribution in [2.24, 2.45) is 11.7 Å². The SMILES string of the molecule is Cc1ccsc1C(N)C1CC2CCC1O2. The number of thiophene rings is 1. The Kier molecular flexibility index (Phi) is 2.34. The van der Waals surface area contributed by atoms with Crippen molar-refractivity contribution >= 4 is 11.3 Å². The summed E-state index contributed by atoms with van der Waals surface area (Å²) in [5.74, 6) is 0.557. The van der Waals surface area contributed by atoms with E-state index in [1.807, 2.05) is 0 Å². The Bertz CT molecular complexity index is 362. The van der Waals surface area contributed by atoms with Gasteiger partial charge in [0.05, 0.1) is 12.2 Å². The predicted octanol–water partition coefficient (Wildman–Crippen LogP) is 2.62. The molecule has 15 heavy (non-hydrogen) atoms. The maximum Gasteiger partial charge on any atom is 0.0627 e. The summed E-state index contributed by atoms with van der Waals surface area (Å²) < 4.78 is 5.87. The van der Waals surface area contributed by atoms with Crippen LogP contribution in [0.4, 0.5) is 0 Å². The molecule has 3 heterocycles. The summed E-state index contributed by atoms with van der Waals surface area (Å²) in [7, 11) is 0. The highest BCUT2D eigenvalue weighted by Gasteiger charge is 2.44. The average molecular weight is 223 g/mol. The fourth-order valence-electron chi connectivity index (χ4n) is 2.98. The molecular formula is C12H17NOS. The molecule has 2 saturated heterocycles. The van der Waals surface area contributed by atoms with Gasteiger partial charge < -0.3 is 10.5 Å². The van der Waals surface area contributed by atoms with Crippen LogP contribution in [0.3, 0.4) is 0 Å². The van der Waals surface area contributed by atoms with E-state index in [4.69, 9.17) is 10.5 Å². The van der Waals surface area contributed by atoms with Crippen LogP contribution >= 0.6 is 11.3 Å². The topological polar surface area (TPSA) is 35.2 Å². The van der Waals surface area contributed by atoms with E-state index < -0.39 is 0 Å². The maximum atomic E-state index is 6.36. The van der Waals surface area contributed by atoms with Gasteiger partial charge in [-0.2, -0.15) is 0 Å². The molecule has 3 heteroatoms. The van der Waals surface area contributed by atoms with E-state index in [1.165, 1.54) is 29.7 Å². The van der Waals surface area contributed by atoms with Crippen molar-refractivity contribution in [2.45, 2.75) is 44.4 Å². The standard InChI is InChI=1S/C12H17NOS/c1-7-4-5-15-12(7)11(13)9-6-8-2-3-10(9)14-8/h4-5,8-11H,2-3,6,13H2,1H3. The van der Waals surface area contributed by atoms with E-state index in [2.05, 4.69) is 18.4 Å². The van der Waals surface area contributed by atoms with Crippen molar-refractivity contribution in [3.05, 3.63) is 21.9 Å². The van der Waals surface area contributed by atoms with Crippen molar-refractivity contribution in [3.63, 3.8) is 0 Å². The Hall–Kier alpha value is -0.380. The maximum absolute atomic E-state index is 6.36. The lowest BCUT2D eigenvalue weighted by atomic mass is 9.83. The minimum absolute atomic E-state index is 0.195. The Labute approximate surface area is 94.4 Å². The summed E-state index contributed by atoms with van der Waals surface area (Å²) in [6.07, 6.45) is 4.58. The summed E-state index contributed by atoms with van der Waals surface area (Å²) in [6.45, 7) is 2.15. The molecule has 0 radical (unpaired) electrons. The summed E-state index contributed by atoms with van der Waals surface area (Å²) >= 11 is 1.79. The molecular weight excluding hydrogens is 206 g/mol. The third kappa shape index (κ3) is 1.53. The first-order valence-corrected chi connectivity index (χ1v) is 6.58. The zero-order valence-electron chi connectivity index (χ0n) is 8.98. The quantitative estimate of drug-likeness (QED) is 0.836. The minimum atomic E-state index is 0.195. The van der Waals surface area contributed by atoms with Crippen LogP contribution in [0.25, 0.3) is 0 Å². The van der Waals surface area contributed by atoms with Gasteiger partial charge in [0.2, 0.25) is 0 Å². The number of hydrogen-bond donors (Lipinski definition) is 1. The van der Waals surface area contributed by atoms with Crippen LogP contribution in [0.1, 0.15) is 35.7 Å². The summed E-state index contributed by atoms with van der Waals surface area (Å²) in [6, 6.07) is 2.36. The predicted molar refractivity (Wildman–Crippen MR) is 62.0 cm³/mol. The van der Waals surface area contributed by atoms with Crippen molar-refractivity contribution in [2.75, 3.05) is 0 Å². The Morgan fingerprint density at radius 2 is 2.40 bits per heavy atom. The van der Waals surface area contributed by atoms with Gasteiger partial charge in [-0.3, -0.25) is 0 Å². The van der Waals surface area contributed by atoms with E-state index in [-0.39, 0.29) is 6.04 Å². The molecule has 2 bridgehead atoms. The zero-order valence-corrected chi connectivity index (χ0v) is 9.80. The second kappa shape index (κ2) is 3.58. The lowest BCUT2D eigenvalue weighted by molar-refractivity contribution is 0.0886. The molecule has 2 nitrogen and oxygen atoms in total. The van der Waals surface area contributed by atoms with Crippen LogP contribution in [-0.2, 0) is 4.74 Å². The number of rotatable bonds is 2. The van der Waals surface area contributed by atoms with Crippen LogP contribution in [-0.4, -0.2) is 12.2 Å². The monoisotopic (exact) mass is 223 g/mol. The third-order valence-electron chi connectivity index (χ3n) is 3.82. The van der Waals surface area contributed by atoms with Crippen molar-refractivity contribution in [1.82, 2.24) is 0 Å². The van der Waals surface area contributed by atoms with Gasteiger partial charge in [0.1, 0.15) is 0 Å². The highest BCUT2D eigenvalue weighted by molar-refractivity contribution is 7.10. The lowest BCUT2D eigenvalue weighted by Crippen LogP contribution is -2.29. The molecule has 2 N–H and O–H groups in total. The van der Waals surface area contributed by atoms with Gasteiger partial charge in [0, 0.05) is 16.8 Å². The molecule has 3 rings (SSSR count). The number of ether oxygens (including phenoxy) is 1. The second-order valence-electron chi connectivity index (χ2n) is 4.77. The second-order valence-corrected chi connectivity index (χ2v) is 5.71. The van der Waals surface area contributed by atoms with E-state index in [9.17, 15) is 0 Å². The summed E-state index contributed by atoms with van der Waals surface area (Å²) in [5.41, 5.74) is 7.71.